The second-order valence-electron chi connectivity index (χ2n) is 5.29. The number of nitrogens with zero attached hydrogens (tertiary/aromatic N) is 3. The average molecular weight is 282 g/mol. The van der Waals surface area contributed by atoms with Crippen LogP contribution in [0, 0.1) is 0 Å². The van der Waals surface area contributed by atoms with Crippen LogP contribution in [-0.2, 0) is 17.8 Å². The zero-order chi connectivity index (χ0) is 13.8. The molecule has 0 spiro atoms. The van der Waals surface area contributed by atoms with Crippen molar-refractivity contribution in [3.05, 3.63) is 16.1 Å². The highest BCUT2D eigenvalue weighted by atomic mass is 32.1. The zero-order valence-electron chi connectivity index (χ0n) is 11.8. The number of rotatable bonds is 4. The topological polar surface area (TPSA) is 48.5 Å². The summed E-state index contributed by atoms with van der Waals surface area (Å²) in [7, 11) is 3.55. The largest absolute Gasteiger partial charge is 0.348 e. The summed E-state index contributed by atoms with van der Waals surface area (Å²) in [5, 5.41) is 6.42. The molecular formula is C13H22N4OS. The molecule has 1 aromatic heterocycles. The fourth-order valence-electron chi connectivity index (χ4n) is 2.18. The van der Waals surface area contributed by atoms with Crippen molar-refractivity contribution in [2.24, 2.45) is 0 Å². The SMILES string of the molecule is C[C@@H]1CN(Cc2csc(CC(=O)N(C)C)n2)CCN1. The molecule has 19 heavy (non-hydrogen) atoms. The molecule has 1 N–H and O–H groups in total. The highest BCUT2D eigenvalue weighted by Gasteiger charge is 2.17. The summed E-state index contributed by atoms with van der Waals surface area (Å²) in [5.74, 6) is 0.108. The van der Waals surface area contributed by atoms with Crippen LogP contribution in [0.25, 0.3) is 0 Å². The smallest absolute Gasteiger partial charge is 0.228 e. The Labute approximate surface area is 118 Å². The van der Waals surface area contributed by atoms with E-state index in [1.807, 2.05) is 0 Å². The van der Waals surface area contributed by atoms with Crippen molar-refractivity contribution in [2.75, 3.05) is 33.7 Å². The third-order valence-corrected chi connectivity index (χ3v) is 4.14. The molecule has 106 valence electrons. The average Bonchev–Trinajstić information content (AvgIpc) is 2.76. The monoisotopic (exact) mass is 282 g/mol. The highest BCUT2D eigenvalue weighted by Crippen LogP contribution is 2.14. The number of amides is 1. The number of thiazole rings is 1. The summed E-state index contributed by atoms with van der Waals surface area (Å²) < 4.78 is 0. The minimum absolute atomic E-state index is 0.108. The molecule has 1 aromatic rings. The molecule has 0 aromatic carbocycles. The van der Waals surface area contributed by atoms with Crippen LogP contribution in [0.3, 0.4) is 0 Å². The van der Waals surface area contributed by atoms with Gasteiger partial charge in [-0.05, 0) is 6.92 Å². The lowest BCUT2D eigenvalue weighted by molar-refractivity contribution is -0.127. The van der Waals surface area contributed by atoms with Crippen LogP contribution in [-0.4, -0.2) is 60.5 Å². The van der Waals surface area contributed by atoms with Gasteiger partial charge in [0, 0.05) is 51.7 Å². The van der Waals surface area contributed by atoms with Crippen LogP contribution in [0.1, 0.15) is 17.6 Å². The molecule has 5 nitrogen and oxygen atoms in total. The second-order valence-corrected chi connectivity index (χ2v) is 6.23. The summed E-state index contributed by atoms with van der Waals surface area (Å²) in [5.41, 5.74) is 1.08. The molecule has 0 radical (unpaired) electrons. The molecule has 1 fully saturated rings. The van der Waals surface area contributed by atoms with Crippen LogP contribution < -0.4 is 5.32 Å². The fraction of sp³-hybridized carbons (Fsp3) is 0.692. The number of aromatic nitrogens is 1. The third kappa shape index (κ3) is 4.26. The van der Waals surface area contributed by atoms with E-state index >= 15 is 0 Å². The molecule has 0 aliphatic carbocycles. The number of piperazine rings is 1. The predicted molar refractivity (Wildman–Crippen MR) is 77.3 cm³/mol. The quantitative estimate of drug-likeness (QED) is 0.877. The van der Waals surface area contributed by atoms with Crippen molar-refractivity contribution in [1.82, 2.24) is 20.1 Å². The molecule has 1 aliphatic rings. The summed E-state index contributed by atoms with van der Waals surface area (Å²) >= 11 is 1.58. The van der Waals surface area contributed by atoms with E-state index in [1.165, 1.54) is 0 Å². The van der Waals surface area contributed by atoms with Crippen LogP contribution in [0.4, 0.5) is 0 Å². The van der Waals surface area contributed by atoms with E-state index in [2.05, 4.69) is 27.5 Å². The molecule has 1 amide bonds. The van der Waals surface area contributed by atoms with Crippen LogP contribution in [0.5, 0.6) is 0 Å². The minimum atomic E-state index is 0.108. The van der Waals surface area contributed by atoms with Gasteiger partial charge < -0.3 is 10.2 Å². The highest BCUT2D eigenvalue weighted by molar-refractivity contribution is 7.09. The molecule has 2 rings (SSSR count). The van der Waals surface area contributed by atoms with Crippen molar-refractivity contribution in [3.63, 3.8) is 0 Å². The molecule has 0 unspecified atom stereocenters. The number of carbonyl (C=O) groups excluding carboxylic acids is 1. The van der Waals surface area contributed by atoms with Gasteiger partial charge in [-0.2, -0.15) is 0 Å². The van der Waals surface area contributed by atoms with Crippen molar-refractivity contribution < 1.29 is 4.79 Å². The second kappa shape index (κ2) is 6.45. The third-order valence-electron chi connectivity index (χ3n) is 3.24. The van der Waals surface area contributed by atoms with Crippen LogP contribution in [0.15, 0.2) is 5.38 Å². The molecule has 1 atom stereocenters. The van der Waals surface area contributed by atoms with Crippen molar-refractivity contribution in [1.29, 1.82) is 0 Å². The van der Waals surface area contributed by atoms with E-state index in [1.54, 1.807) is 30.3 Å². The van der Waals surface area contributed by atoms with Crippen LogP contribution >= 0.6 is 11.3 Å². The van der Waals surface area contributed by atoms with Crippen molar-refractivity contribution in [2.45, 2.75) is 25.9 Å². The predicted octanol–water partition coefficient (Wildman–Crippen LogP) is 0.567. The molecule has 0 bridgehead atoms. The van der Waals surface area contributed by atoms with E-state index in [0.29, 0.717) is 12.5 Å². The maximum absolute atomic E-state index is 11.6. The Bertz CT molecular complexity index is 432. The van der Waals surface area contributed by atoms with Crippen LogP contribution in [0.2, 0.25) is 0 Å². The van der Waals surface area contributed by atoms with Crippen molar-refractivity contribution in [3.8, 4) is 0 Å². The van der Waals surface area contributed by atoms with Gasteiger partial charge in [0.15, 0.2) is 0 Å². The maximum Gasteiger partial charge on any atom is 0.228 e. The van der Waals surface area contributed by atoms with Gasteiger partial charge in [-0.25, -0.2) is 4.98 Å². The Hall–Kier alpha value is -0.980. The molecule has 1 saturated heterocycles. The molecule has 6 heteroatoms. The number of nitrogens with one attached hydrogen (secondary N) is 1. The van der Waals surface area contributed by atoms with E-state index in [-0.39, 0.29) is 5.91 Å². The first kappa shape index (κ1) is 14.4. The lowest BCUT2D eigenvalue weighted by atomic mass is 10.2. The molecular weight excluding hydrogens is 260 g/mol. The number of likely N-dealkylation sites (N-methyl/N-ethyl adjacent to an activating group) is 1. The van der Waals surface area contributed by atoms with Gasteiger partial charge in [0.2, 0.25) is 5.91 Å². The van der Waals surface area contributed by atoms with Gasteiger partial charge >= 0.3 is 0 Å². The van der Waals surface area contributed by atoms with Gasteiger partial charge in [-0.3, -0.25) is 9.69 Å². The minimum Gasteiger partial charge on any atom is -0.348 e. The fourth-order valence-corrected chi connectivity index (χ4v) is 2.95. The summed E-state index contributed by atoms with van der Waals surface area (Å²) in [4.78, 5) is 20.2. The molecule has 1 aliphatic heterocycles. The number of hydrogen-bond acceptors (Lipinski definition) is 5. The first-order valence-electron chi connectivity index (χ1n) is 6.64. The molecule has 2 heterocycles. The van der Waals surface area contributed by atoms with Gasteiger partial charge in [-0.1, -0.05) is 0 Å². The number of carbonyl (C=O) groups is 1. The van der Waals surface area contributed by atoms with Gasteiger partial charge in [0.25, 0.3) is 0 Å². The normalized spacial score (nSPS) is 20.5. The summed E-state index contributed by atoms with van der Waals surface area (Å²) in [6.07, 6.45) is 0.412. The van der Waals surface area contributed by atoms with Gasteiger partial charge in [0.05, 0.1) is 12.1 Å². The standard InChI is InChI=1S/C13H22N4OS/c1-10-7-17(5-4-14-10)8-11-9-19-12(15-11)6-13(18)16(2)3/h9-10,14H,4-8H2,1-3H3/t10-/m1/s1. The van der Waals surface area contributed by atoms with E-state index in [9.17, 15) is 4.79 Å². The van der Waals surface area contributed by atoms with Gasteiger partial charge in [0.1, 0.15) is 5.01 Å². The Morgan fingerprint density at radius 1 is 1.63 bits per heavy atom. The van der Waals surface area contributed by atoms with Crippen molar-refractivity contribution >= 4 is 17.2 Å². The zero-order valence-corrected chi connectivity index (χ0v) is 12.7. The first-order chi connectivity index (χ1) is 9.04. The Kier molecular flexibility index (Phi) is 4.90. The first-order valence-corrected chi connectivity index (χ1v) is 7.51. The summed E-state index contributed by atoms with van der Waals surface area (Å²) in [6.45, 7) is 6.25. The Morgan fingerprint density at radius 2 is 2.42 bits per heavy atom. The van der Waals surface area contributed by atoms with E-state index in [0.717, 1.165) is 36.9 Å². The van der Waals surface area contributed by atoms with E-state index in [4.69, 9.17) is 0 Å². The summed E-state index contributed by atoms with van der Waals surface area (Å²) in [6, 6.07) is 0.544. The van der Waals surface area contributed by atoms with Gasteiger partial charge in [-0.15, -0.1) is 11.3 Å². The molecule has 0 saturated carbocycles. The Balaban J connectivity index is 1.88. The lowest BCUT2D eigenvalue weighted by Gasteiger charge is -2.31. The van der Waals surface area contributed by atoms with E-state index < -0.39 is 0 Å². The Morgan fingerprint density at radius 3 is 3.11 bits per heavy atom. The number of hydrogen-bond donors (Lipinski definition) is 1. The lowest BCUT2D eigenvalue weighted by Crippen LogP contribution is -2.48. The maximum atomic E-state index is 11.6.